The van der Waals surface area contributed by atoms with Crippen LogP contribution in [0.1, 0.15) is 0 Å². The van der Waals surface area contributed by atoms with E-state index in [1.165, 1.54) is 0 Å². The fourth-order valence-electron chi connectivity index (χ4n) is 1.15. The molecule has 1 aromatic heterocycles. The molecule has 0 aromatic carbocycles. The molecule has 0 spiro atoms. The average molecular weight is 281 g/mol. The molecule has 0 amide bonds. The highest BCUT2D eigenvalue weighted by Crippen LogP contribution is 2.19. The number of hydrogen-bond donors (Lipinski definition) is 2. The molecule has 92 valence electrons. The topological polar surface area (TPSA) is 72.2 Å². The maximum Gasteiger partial charge on any atom is 0.500 e. The molecule has 0 aliphatic carbocycles. The van der Waals surface area contributed by atoms with Crippen LogP contribution in [0, 0.1) is 4.77 Å². The van der Waals surface area contributed by atoms with Crippen LogP contribution in [-0.2, 0) is 13.3 Å². The summed E-state index contributed by atoms with van der Waals surface area (Å²) in [5.74, 6) is 0.790. The first-order chi connectivity index (χ1) is 7.65. The van der Waals surface area contributed by atoms with E-state index in [-0.39, 0.29) is 0 Å². The van der Waals surface area contributed by atoms with E-state index >= 15 is 0 Å². The van der Waals surface area contributed by atoms with Gasteiger partial charge in [0.2, 0.25) is 4.77 Å². The monoisotopic (exact) mass is 281 g/mol. The Morgan fingerprint density at radius 3 is 2.31 bits per heavy atom. The molecule has 2 N–H and O–H groups in total. The zero-order valence-corrected chi connectivity index (χ0v) is 12.0. The van der Waals surface area contributed by atoms with Crippen molar-refractivity contribution in [3.63, 3.8) is 0 Å². The number of H-pyrrole nitrogens is 2. The minimum absolute atomic E-state index is 0.455. The lowest BCUT2D eigenvalue weighted by molar-refractivity contribution is 0.125. The van der Waals surface area contributed by atoms with Crippen LogP contribution >= 0.6 is 24.0 Å². The highest BCUT2D eigenvalue weighted by atomic mass is 32.2. The number of thioether (sulfide) groups is 1. The molecule has 0 unspecified atom stereocenters. The Bertz CT molecular complexity index is 357. The molecule has 9 heteroatoms. The summed E-state index contributed by atoms with van der Waals surface area (Å²) in [7, 11) is 2.35. The smallest absolute Gasteiger partial charge is 0.377 e. The van der Waals surface area contributed by atoms with Crippen LogP contribution < -0.4 is 0 Å². The van der Waals surface area contributed by atoms with E-state index in [1.54, 1.807) is 33.1 Å². The van der Waals surface area contributed by atoms with Crippen LogP contribution in [-0.4, -0.2) is 51.1 Å². The minimum Gasteiger partial charge on any atom is -0.377 e. The molecule has 0 saturated heterocycles. The SMILES string of the molecule is CO[Si](CCSc1nc(=S)[nH][nH]1)(OC)OC. The normalized spacial score (nSPS) is 11.9. The van der Waals surface area contributed by atoms with Gasteiger partial charge in [0, 0.05) is 33.1 Å². The zero-order valence-electron chi connectivity index (χ0n) is 9.40. The average Bonchev–Trinajstić information content (AvgIpc) is 2.71. The third kappa shape index (κ3) is 3.68. The van der Waals surface area contributed by atoms with Crippen molar-refractivity contribution in [2.24, 2.45) is 0 Å². The van der Waals surface area contributed by atoms with Crippen molar-refractivity contribution in [3.8, 4) is 0 Å². The summed E-state index contributed by atoms with van der Waals surface area (Å²) < 4.78 is 16.4. The van der Waals surface area contributed by atoms with Gasteiger partial charge in [-0.05, 0) is 12.2 Å². The predicted molar refractivity (Wildman–Crippen MR) is 66.1 cm³/mol. The third-order valence-corrected chi connectivity index (χ3v) is 6.22. The largest absolute Gasteiger partial charge is 0.500 e. The molecule has 6 nitrogen and oxygen atoms in total. The first-order valence-corrected chi connectivity index (χ1v) is 7.91. The van der Waals surface area contributed by atoms with Gasteiger partial charge in [0.05, 0.1) is 0 Å². The molecular weight excluding hydrogens is 266 g/mol. The number of aromatic amines is 2. The minimum atomic E-state index is -2.46. The van der Waals surface area contributed by atoms with Gasteiger partial charge in [0.15, 0.2) is 5.16 Å². The summed E-state index contributed by atoms with van der Waals surface area (Å²) in [4.78, 5) is 4.07. The Balaban J connectivity index is 2.42. The van der Waals surface area contributed by atoms with Crippen LogP contribution in [0.5, 0.6) is 0 Å². The van der Waals surface area contributed by atoms with Crippen LogP contribution in [0.2, 0.25) is 6.04 Å². The van der Waals surface area contributed by atoms with Crippen molar-refractivity contribution >= 4 is 32.8 Å². The van der Waals surface area contributed by atoms with Gasteiger partial charge in [-0.1, -0.05) is 11.8 Å². The number of hydrogen-bond acceptors (Lipinski definition) is 6. The molecule has 1 rings (SSSR count). The molecule has 0 atom stereocenters. The second kappa shape index (κ2) is 6.52. The quantitative estimate of drug-likeness (QED) is 0.447. The van der Waals surface area contributed by atoms with E-state index < -0.39 is 8.80 Å². The lowest BCUT2D eigenvalue weighted by Gasteiger charge is -2.23. The molecule has 0 fully saturated rings. The van der Waals surface area contributed by atoms with Gasteiger partial charge in [-0.2, -0.15) is 4.98 Å². The van der Waals surface area contributed by atoms with Gasteiger partial charge in [0.25, 0.3) is 0 Å². The highest BCUT2D eigenvalue weighted by Gasteiger charge is 2.37. The first-order valence-electron chi connectivity index (χ1n) is 4.58. The van der Waals surface area contributed by atoms with Crippen molar-refractivity contribution < 1.29 is 13.3 Å². The number of aromatic nitrogens is 3. The summed E-state index contributed by atoms with van der Waals surface area (Å²) in [6, 6.07) is 0.717. The van der Waals surface area contributed by atoms with E-state index in [9.17, 15) is 0 Å². The van der Waals surface area contributed by atoms with Gasteiger partial charge in [-0.25, -0.2) is 0 Å². The summed E-state index contributed by atoms with van der Waals surface area (Å²) in [5.41, 5.74) is 0. The van der Waals surface area contributed by atoms with Gasteiger partial charge < -0.3 is 13.3 Å². The lowest BCUT2D eigenvalue weighted by atomic mass is 11.0. The fraction of sp³-hybridized carbons (Fsp3) is 0.714. The van der Waals surface area contributed by atoms with Gasteiger partial charge in [-0.3, -0.25) is 10.2 Å². The number of rotatable bonds is 7. The van der Waals surface area contributed by atoms with E-state index in [0.717, 1.165) is 10.9 Å². The maximum atomic E-state index is 5.30. The van der Waals surface area contributed by atoms with Crippen LogP contribution in [0.4, 0.5) is 0 Å². The van der Waals surface area contributed by atoms with Crippen LogP contribution in [0.15, 0.2) is 5.16 Å². The van der Waals surface area contributed by atoms with Crippen molar-refractivity contribution in [2.45, 2.75) is 11.2 Å². The van der Waals surface area contributed by atoms with Crippen molar-refractivity contribution in [1.82, 2.24) is 15.2 Å². The molecule has 0 saturated carbocycles. The highest BCUT2D eigenvalue weighted by molar-refractivity contribution is 7.99. The van der Waals surface area contributed by atoms with Crippen molar-refractivity contribution in [1.29, 1.82) is 0 Å². The fourth-order valence-corrected chi connectivity index (χ4v) is 4.35. The molecule has 0 aliphatic rings. The number of nitrogens with one attached hydrogen (secondary N) is 2. The van der Waals surface area contributed by atoms with Gasteiger partial charge in [0.1, 0.15) is 0 Å². The van der Waals surface area contributed by atoms with Crippen LogP contribution in [0.25, 0.3) is 0 Å². The zero-order chi connectivity index (χ0) is 12.0. The number of nitrogens with zero attached hydrogens (tertiary/aromatic N) is 1. The maximum absolute atomic E-state index is 5.30. The Kier molecular flexibility index (Phi) is 5.65. The first kappa shape index (κ1) is 13.9. The lowest BCUT2D eigenvalue weighted by Crippen LogP contribution is -2.43. The predicted octanol–water partition coefficient (Wildman–Crippen LogP) is 1.44. The molecule has 1 heterocycles. The molecule has 0 aliphatic heterocycles. The Hall–Kier alpha value is -0.193. The van der Waals surface area contributed by atoms with E-state index in [2.05, 4.69) is 15.2 Å². The molecule has 0 bridgehead atoms. The van der Waals surface area contributed by atoms with Gasteiger partial charge >= 0.3 is 8.80 Å². The van der Waals surface area contributed by atoms with Crippen molar-refractivity contribution in [2.75, 3.05) is 27.1 Å². The summed E-state index contributed by atoms with van der Waals surface area (Å²) in [6.45, 7) is 0. The second-order valence-corrected chi connectivity index (χ2v) is 7.43. The second-order valence-electron chi connectivity index (χ2n) is 2.87. The summed E-state index contributed by atoms with van der Waals surface area (Å²) >= 11 is 6.39. The molecule has 16 heavy (non-hydrogen) atoms. The molecule has 0 radical (unpaired) electrons. The van der Waals surface area contributed by atoms with Gasteiger partial charge in [-0.15, -0.1) is 0 Å². The van der Waals surface area contributed by atoms with E-state index in [1.807, 2.05) is 0 Å². The van der Waals surface area contributed by atoms with E-state index in [0.29, 0.717) is 10.8 Å². The van der Waals surface area contributed by atoms with E-state index in [4.69, 9.17) is 25.5 Å². The van der Waals surface area contributed by atoms with Crippen molar-refractivity contribution in [3.05, 3.63) is 4.77 Å². The Morgan fingerprint density at radius 2 is 1.88 bits per heavy atom. The van der Waals surface area contributed by atoms with Crippen LogP contribution in [0.3, 0.4) is 0 Å². The molecular formula is C7H15N3O3S2Si. The summed E-state index contributed by atoms with van der Waals surface area (Å²) in [6.07, 6.45) is 0. The standard InChI is InChI=1S/C7H15N3O3S2Si/c1-11-16(12-2,13-3)5-4-15-7-8-6(14)9-10-7/h4-5H2,1-3H3,(H2,8,9,10,14). The third-order valence-electron chi connectivity index (χ3n) is 2.06. The summed E-state index contributed by atoms with van der Waals surface area (Å²) in [5, 5.41) is 6.36. The Morgan fingerprint density at radius 1 is 1.25 bits per heavy atom. The molecule has 1 aromatic rings. The Labute approximate surface area is 104 Å².